The number of ether oxygens (including phenoxy) is 1. The first-order chi connectivity index (χ1) is 9.18. The third-order valence-corrected chi connectivity index (χ3v) is 2.71. The van der Waals surface area contributed by atoms with Gasteiger partial charge in [-0.2, -0.15) is 0 Å². The average molecular weight is 258 g/mol. The van der Waals surface area contributed by atoms with E-state index in [0.29, 0.717) is 0 Å². The number of nitro benzene ring substituents is 1. The predicted octanol–water partition coefficient (Wildman–Crippen LogP) is 2.67. The Morgan fingerprint density at radius 3 is 2.42 bits per heavy atom. The molecule has 19 heavy (non-hydrogen) atoms. The van der Waals surface area contributed by atoms with Gasteiger partial charge in [-0.05, 0) is 11.6 Å². The Hall–Kier alpha value is -2.40. The second kappa shape index (κ2) is 5.97. The van der Waals surface area contributed by atoms with Gasteiger partial charge in [-0.25, -0.2) is 0 Å². The summed E-state index contributed by atoms with van der Waals surface area (Å²) in [6.07, 6.45) is 0. The third kappa shape index (κ3) is 3.29. The number of hydrogen-bond acceptors (Lipinski definition) is 4. The maximum atomic E-state index is 10.8. The molecular formula is C14H14N2O3. The van der Waals surface area contributed by atoms with Crippen LogP contribution in [0.5, 0.6) is 5.75 Å². The van der Waals surface area contributed by atoms with Crippen molar-refractivity contribution in [2.45, 2.75) is 6.04 Å². The van der Waals surface area contributed by atoms with Crippen molar-refractivity contribution < 1.29 is 9.66 Å². The van der Waals surface area contributed by atoms with Crippen LogP contribution in [0.2, 0.25) is 0 Å². The maximum absolute atomic E-state index is 10.8. The van der Waals surface area contributed by atoms with Crippen LogP contribution in [0.25, 0.3) is 0 Å². The van der Waals surface area contributed by atoms with Gasteiger partial charge in [0.25, 0.3) is 0 Å². The van der Waals surface area contributed by atoms with Crippen molar-refractivity contribution in [1.29, 1.82) is 0 Å². The van der Waals surface area contributed by atoms with E-state index in [1.165, 1.54) is 6.07 Å². The fourth-order valence-corrected chi connectivity index (χ4v) is 1.71. The van der Waals surface area contributed by atoms with Crippen LogP contribution in [0.1, 0.15) is 11.6 Å². The molecule has 0 heterocycles. The zero-order chi connectivity index (χ0) is 13.7. The average Bonchev–Trinajstić information content (AvgIpc) is 2.46. The van der Waals surface area contributed by atoms with Gasteiger partial charge in [0.1, 0.15) is 6.61 Å². The molecule has 0 aliphatic heterocycles. The summed E-state index contributed by atoms with van der Waals surface area (Å²) in [6.45, 7) is 0.189. The first-order valence-electron chi connectivity index (χ1n) is 5.85. The first-order valence-corrected chi connectivity index (χ1v) is 5.85. The fourth-order valence-electron chi connectivity index (χ4n) is 1.71. The smallest absolute Gasteiger partial charge is 0.310 e. The Morgan fingerprint density at radius 2 is 1.74 bits per heavy atom. The number of benzene rings is 2. The Labute approximate surface area is 110 Å². The fraction of sp³-hybridized carbons (Fsp3) is 0.143. The van der Waals surface area contributed by atoms with Gasteiger partial charge < -0.3 is 10.5 Å². The lowest BCUT2D eigenvalue weighted by Crippen LogP contribution is -2.19. The lowest BCUT2D eigenvalue weighted by molar-refractivity contribution is -0.385. The summed E-state index contributed by atoms with van der Waals surface area (Å²) >= 11 is 0. The molecule has 2 N–H and O–H groups in total. The number of hydrogen-bond donors (Lipinski definition) is 1. The molecule has 2 aromatic carbocycles. The van der Waals surface area contributed by atoms with Crippen LogP contribution < -0.4 is 10.5 Å². The van der Waals surface area contributed by atoms with Crippen molar-refractivity contribution in [2.24, 2.45) is 5.73 Å². The van der Waals surface area contributed by atoms with E-state index in [0.717, 1.165) is 5.56 Å². The quantitative estimate of drug-likeness (QED) is 0.660. The zero-order valence-corrected chi connectivity index (χ0v) is 10.2. The topological polar surface area (TPSA) is 78.4 Å². The number of nitro groups is 1. The van der Waals surface area contributed by atoms with Gasteiger partial charge in [0, 0.05) is 6.07 Å². The molecule has 2 rings (SSSR count). The molecule has 1 unspecified atom stereocenters. The van der Waals surface area contributed by atoms with Crippen LogP contribution in [-0.2, 0) is 0 Å². The Kier molecular flexibility index (Phi) is 4.10. The molecule has 0 amide bonds. The highest BCUT2D eigenvalue weighted by Crippen LogP contribution is 2.26. The molecular weight excluding hydrogens is 244 g/mol. The highest BCUT2D eigenvalue weighted by Gasteiger charge is 2.15. The predicted molar refractivity (Wildman–Crippen MR) is 72.0 cm³/mol. The van der Waals surface area contributed by atoms with Gasteiger partial charge in [-0.1, -0.05) is 42.5 Å². The van der Waals surface area contributed by atoms with Crippen LogP contribution in [0.4, 0.5) is 5.69 Å². The van der Waals surface area contributed by atoms with E-state index in [-0.39, 0.29) is 24.1 Å². The van der Waals surface area contributed by atoms with Crippen molar-refractivity contribution in [1.82, 2.24) is 0 Å². The molecule has 0 saturated heterocycles. The standard InChI is InChI=1S/C14H14N2O3/c15-12(11-6-2-1-3-7-11)10-19-14-9-5-4-8-13(14)16(17)18/h1-9,12H,10,15H2. The number of nitrogens with zero attached hydrogens (tertiary/aromatic N) is 1. The molecule has 1 atom stereocenters. The molecule has 0 aromatic heterocycles. The molecule has 5 heteroatoms. The second-order valence-corrected chi connectivity index (χ2v) is 4.05. The van der Waals surface area contributed by atoms with Crippen LogP contribution in [0, 0.1) is 10.1 Å². The van der Waals surface area contributed by atoms with E-state index in [1.807, 2.05) is 30.3 Å². The molecule has 0 fully saturated rings. The minimum atomic E-state index is -0.469. The Bertz CT molecular complexity index is 558. The summed E-state index contributed by atoms with van der Waals surface area (Å²) in [4.78, 5) is 10.4. The highest BCUT2D eigenvalue weighted by molar-refractivity contribution is 5.45. The number of para-hydroxylation sites is 2. The SMILES string of the molecule is NC(COc1ccccc1[N+](=O)[O-])c1ccccc1. The van der Waals surface area contributed by atoms with E-state index in [9.17, 15) is 10.1 Å². The Morgan fingerprint density at radius 1 is 1.11 bits per heavy atom. The molecule has 5 nitrogen and oxygen atoms in total. The van der Waals surface area contributed by atoms with Crippen LogP contribution in [0.3, 0.4) is 0 Å². The van der Waals surface area contributed by atoms with Crippen LogP contribution in [0.15, 0.2) is 54.6 Å². The number of rotatable bonds is 5. The maximum Gasteiger partial charge on any atom is 0.310 e. The molecule has 0 aliphatic rings. The molecule has 2 aromatic rings. The van der Waals surface area contributed by atoms with E-state index in [2.05, 4.69) is 0 Å². The summed E-state index contributed by atoms with van der Waals surface area (Å²) in [5.74, 6) is 0.235. The van der Waals surface area contributed by atoms with E-state index in [1.54, 1.807) is 18.2 Å². The van der Waals surface area contributed by atoms with Crippen molar-refractivity contribution >= 4 is 5.69 Å². The minimum Gasteiger partial charge on any atom is -0.485 e. The molecule has 0 bridgehead atoms. The van der Waals surface area contributed by atoms with Crippen molar-refractivity contribution in [2.75, 3.05) is 6.61 Å². The second-order valence-electron chi connectivity index (χ2n) is 4.05. The third-order valence-electron chi connectivity index (χ3n) is 2.71. The van der Waals surface area contributed by atoms with Gasteiger partial charge in [-0.15, -0.1) is 0 Å². The summed E-state index contributed by atoms with van der Waals surface area (Å²) in [7, 11) is 0. The van der Waals surface area contributed by atoms with Gasteiger partial charge in [-0.3, -0.25) is 10.1 Å². The zero-order valence-electron chi connectivity index (χ0n) is 10.2. The van der Waals surface area contributed by atoms with E-state index in [4.69, 9.17) is 10.5 Å². The van der Waals surface area contributed by atoms with Crippen molar-refractivity contribution in [3.8, 4) is 5.75 Å². The number of nitrogens with two attached hydrogens (primary N) is 1. The van der Waals surface area contributed by atoms with E-state index >= 15 is 0 Å². The van der Waals surface area contributed by atoms with Gasteiger partial charge in [0.05, 0.1) is 11.0 Å². The first kappa shape index (κ1) is 13.0. The summed E-state index contributed by atoms with van der Waals surface area (Å²) in [5, 5.41) is 10.8. The van der Waals surface area contributed by atoms with Gasteiger partial charge in [0.2, 0.25) is 0 Å². The summed E-state index contributed by atoms with van der Waals surface area (Å²) in [6, 6.07) is 15.4. The monoisotopic (exact) mass is 258 g/mol. The summed E-state index contributed by atoms with van der Waals surface area (Å²) < 4.78 is 5.45. The normalized spacial score (nSPS) is 11.8. The largest absolute Gasteiger partial charge is 0.485 e. The lowest BCUT2D eigenvalue weighted by atomic mass is 10.1. The molecule has 98 valence electrons. The Balaban J connectivity index is 2.05. The van der Waals surface area contributed by atoms with Crippen LogP contribution >= 0.6 is 0 Å². The minimum absolute atomic E-state index is 0.0530. The van der Waals surface area contributed by atoms with Crippen LogP contribution in [-0.4, -0.2) is 11.5 Å². The van der Waals surface area contributed by atoms with Gasteiger partial charge >= 0.3 is 5.69 Å². The lowest BCUT2D eigenvalue weighted by Gasteiger charge is -2.13. The van der Waals surface area contributed by atoms with Crippen molar-refractivity contribution in [3.63, 3.8) is 0 Å². The van der Waals surface area contributed by atoms with Crippen molar-refractivity contribution in [3.05, 3.63) is 70.3 Å². The molecule has 0 radical (unpaired) electrons. The molecule has 0 aliphatic carbocycles. The summed E-state index contributed by atoms with van der Waals surface area (Å²) in [5.41, 5.74) is 6.85. The highest BCUT2D eigenvalue weighted by atomic mass is 16.6. The molecule has 0 saturated carbocycles. The van der Waals surface area contributed by atoms with E-state index < -0.39 is 4.92 Å². The molecule has 0 spiro atoms. The van der Waals surface area contributed by atoms with Gasteiger partial charge in [0.15, 0.2) is 5.75 Å².